The first-order valence-corrected chi connectivity index (χ1v) is 10.7. The molecule has 0 radical (unpaired) electrons. The Hall–Kier alpha value is -3.29. The smallest absolute Gasteiger partial charge is 0.254 e. The summed E-state index contributed by atoms with van der Waals surface area (Å²) >= 11 is 0. The number of anilines is 1. The molecule has 2 N–H and O–H groups in total. The number of halogens is 3. The van der Waals surface area contributed by atoms with Crippen LogP contribution in [-0.4, -0.2) is 34.8 Å². The molecule has 32 heavy (non-hydrogen) atoms. The minimum atomic E-state index is -1.66. The van der Waals surface area contributed by atoms with E-state index in [1.165, 1.54) is 16.2 Å². The van der Waals surface area contributed by atoms with Gasteiger partial charge in [0.25, 0.3) is 5.91 Å². The summed E-state index contributed by atoms with van der Waals surface area (Å²) in [5.41, 5.74) is 3.44. The second-order valence-electron chi connectivity index (χ2n) is 8.05. The first-order chi connectivity index (χ1) is 15.4. The molecule has 0 spiro atoms. The number of carbonyl (C=O) groups is 2. The fourth-order valence-corrected chi connectivity index (χ4v) is 4.23. The van der Waals surface area contributed by atoms with Crippen LogP contribution in [0.5, 0.6) is 0 Å². The number of aromatic nitrogens is 1. The molecule has 2 aromatic carbocycles. The number of amides is 2. The van der Waals surface area contributed by atoms with Gasteiger partial charge in [0, 0.05) is 28.7 Å². The van der Waals surface area contributed by atoms with Crippen molar-refractivity contribution in [3.05, 3.63) is 64.6 Å². The number of rotatable bonds is 6. The Balaban J connectivity index is 1.54. The molecular formula is C24H24F3N3O2. The van der Waals surface area contributed by atoms with E-state index in [-0.39, 0.29) is 12.5 Å². The highest BCUT2D eigenvalue weighted by atomic mass is 19.2. The summed E-state index contributed by atoms with van der Waals surface area (Å²) in [5.74, 6) is -5.50. The second kappa shape index (κ2) is 9.06. The number of benzene rings is 2. The Morgan fingerprint density at radius 1 is 1.06 bits per heavy atom. The molecule has 168 valence electrons. The Morgan fingerprint density at radius 2 is 1.84 bits per heavy atom. The number of nitrogens with zero attached hydrogens (tertiary/aromatic N) is 1. The van der Waals surface area contributed by atoms with E-state index in [2.05, 4.69) is 10.3 Å². The predicted octanol–water partition coefficient (Wildman–Crippen LogP) is 4.95. The van der Waals surface area contributed by atoms with Crippen LogP contribution in [0.4, 0.5) is 18.9 Å². The van der Waals surface area contributed by atoms with Crippen LogP contribution < -0.4 is 5.32 Å². The van der Waals surface area contributed by atoms with Gasteiger partial charge in [0.1, 0.15) is 6.54 Å². The van der Waals surface area contributed by atoms with Crippen LogP contribution in [0.25, 0.3) is 10.9 Å². The van der Waals surface area contributed by atoms with Crippen molar-refractivity contribution >= 4 is 28.4 Å². The number of aromatic amines is 1. The van der Waals surface area contributed by atoms with Gasteiger partial charge in [0.2, 0.25) is 5.91 Å². The van der Waals surface area contributed by atoms with Gasteiger partial charge in [0.15, 0.2) is 17.5 Å². The zero-order valence-electron chi connectivity index (χ0n) is 17.7. The van der Waals surface area contributed by atoms with Crippen LogP contribution in [0.15, 0.2) is 30.3 Å². The molecule has 8 heteroatoms. The molecule has 1 heterocycles. The van der Waals surface area contributed by atoms with Gasteiger partial charge in [-0.05, 0) is 68.0 Å². The largest absolute Gasteiger partial charge is 0.358 e. The van der Waals surface area contributed by atoms with Crippen LogP contribution in [0.1, 0.15) is 47.8 Å². The van der Waals surface area contributed by atoms with Crippen molar-refractivity contribution in [2.24, 2.45) is 0 Å². The van der Waals surface area contributed by atoms with Crippen molar-refractivity contribution in [3.8, 4) is 0 Å². The molecule has 5 nitrogen and oxygen atoms in total. The number of hydrogen-bond acceptors (Lipinski definition) is 2. The van der Waals surface area contributed by atoms with Gasteiger partial charge in [-0.2, -0.15) is 0 Å². The van der Waals surface area contributed by atoms with Crippen molar-refractivity contribution in [1.29, 1.82) is 0 Å². The van der Waals surface area contributed by atoms with Crippen LogP contribution in [0.2, 0.25) is 0 Å². The van der Waals surface area contributed by atoms with Crippen LogP contribution in [0, 0.1) is 17.5 Å². The summed E-state index contributed by atoms with van der Waals surface area (Å²) in [5, 5.41) is 3.24. The van der Waals surface area contributed by atoms with Crippen molar-refractivity contribution < 1.29 is 22.8 Å². The molecule has 0 aliphatic heterocycles. The highest BCUT2D eigenvalue weighted by Gasteiger charge is 2.22. The van der Waals surface area contributed by atoms with Gasteiger partial charge < -0.3 is 15.2 Å². The van der Waals surface area contributed by atoms with E-state index < -0.39 is 29.0 Å². The molecule has 0 fully saturated rings. The average Bonchev–Trinajstić information content (AvgIpc) is 3.16. The Morgan fingerprint density at radius 3 is 2.62 bits per heavy atom. The Labute approximate surface area is 183 Å². The molecule has 0 saturated carbocycles. The van der Waals surface area contributed by atoms with Gasteiger partial charge >= 0.3 is 0 Å². The third-order valence-electron chi connectivity index (χ3n) is 5.77. The minimum absolute atomic E-state index is 0.315. The maximum Gasteiger partial charge on any atom is 0.254 e. The minimum Gasteiger partial charge on any atom is -0.358 e. The third kappa shape index (κ3) is 4.22. The number of nitrogens with one attached hydrogen (secondary N) is 2. The zero-order valence-corrected chi connectivity index (χ0v) is 17.7. The van der Waals surface area contributed by atoms with E-state index in [0.717, 1.165) is 48.7 Å². The van der Waals surface area contributed by atoms with Gasteiger partial charge in [-0.1, -0.05) is 6.92 Å². The van der Waals surface area contributed by atoms with Crippen molar-refractivity contribution in [2.45, 2.75) is 39.0 Å². The standard InChI is InChI=1S/C24H24F3N3O2/c1-2-11-30(13-21(31)29-20-10-8-17(25)22(26)23(20)27)24(32)14-7-9-19-16(12-14)15-5-3-4-6-18(15)28-19/h7-10,12,28H,2-6,11,13H2,1H3,(H,29,31). The number of carbonyl (C=O) groups excluding carboxylic acids is 2. The fraction of sp³-hybridized carbons (Fsp3) is 0.333. The maximum atomic E-state index is 13.9. The molecule has 1 aliphatic carbocycles. The monoisotopic (exact) mass is 443 g/mol. The SMILES string of the molecule is CCCN(CC(=O)Nc1ccc(F)c(F)c1F)C(=O)c1ccc2[nH]c3c(c2c1)CCCC3. The molecular weight excluding hydrogens is 419 g/mol. The predicted molar refractivity (Wildman–Crippen MR) is 116 cm³/mol. The normalized spacial score (nSPS) is 13.1. The molecule has 1 aliphatic rings. The molecule has 0 atom stereocenters. The first-order valence-electron chi connectivity index (χ1n) is 10.7. The lowest BCUT2D eigenvalue weighted by Gasteiger charge is -2.22. The lowest BCUT2D eigenvalue weighted by molar-refractivity contribution is -0.116. The molecule has 1 aromatic heterocycles. The van der Waals surface area contributed by atoms with Gasteiger partial charge in [0.05, 0.1) is 5.69 Å². The van der Waals surface area contributed by atoms with Crippen LogP contribution >= 0.6 is 0 Å². The quantitative estimate of drug-likeness (QED) is 0.529. The van der Waals surface area contributed by atoms with Crippen LogP contribution in [0.3, 0.4) is 0 Å². The van der Waals surface area contributed by atoms with E-state index in [1.54, 1.807) is 6.07 Å². The number of aryl methyl sites for hydroxylation is 2. The van der Waals surface area contributed by atoms with Crippen molar-refractivity contribution in [2.75, 3.05) is 18.4 Å². The third-order valence-corrected chi connectivity index (χ3v) is 5.77. The van der Waals surface area contributed by atoms with Gasteiger partial charge in [-0.15, -0.1) is 0 Å². The summed E-state index contributed by atoms with van der Waals surface area (Å²) in [6, 6.07) is 7.13. The summed E-state index contributed by atoms with van der Waals surface area (Å²) in [7, 11) is 0. The first kappa shape index (κ1) is 21.9. The average molecular weight is 443 g/mol. The highest BCUT2D eigenvalue weighted by Crippen LogP contribution is 2.30. The Kier molecular flexibility index (Phi) is 6.21. The summed E-state index contributed by atoms with van der Waals surface area (Å²) in [4.78, 5) is 30.4. The zero-order chi connectivity index (χ0) is 22.8. The van der Waals surface area contributed by atoms with E-state index in [4.69, 9.17) is 0 Å². The van der Waals surface area contributed by atoms with Gasteiger partial charge in [-0.3, -0.25) is 9.59 Å². The maximum absolute atomic E-state index is 13.9. The highest BCUT2D eigenvalue weighted by molar-refractivity contribution is 6.02. The topological polar surface area (TPSA) is 65.2 Å². The molecule has 2 amide bonds. The van der Waals surface area contributed by atoms with E-state index in [9.17, 15) is 22.8 Å². The van der Waals surface area contributed by atoms with Crippen molar-refractivity contribution in [1.82, 2.24) is 9.88 Å². The summed E-state index contributed by atoms with van der Waals surface area (Å²) < 4.78 is 40.4. The van der Waals surface area contributed by atoms with Crippen LogP contribution in [-0.2, 0) is 17.6 Å². The number of H-pyrrole nitrogens is 1. The second-order valence-corrected chi connectivity index (χ2v) is 8.05. The lowest BCUT2D eigenvalue weighted by Crippen LogP contribution is -2.38. The molecule has 0 saturated heterocycles. The van der Waals surface area contributed by atoms with E-state index in [0.29, 0.717) is 18.5 Å². The number of fused-ring (bicyclic) bond motifs is 3. The molecule has 4 rings (SSSR count). The Bertz CT molecular complexity index is 1190. The van der Waals surface area contributed by atoms with E-state index in [1.807, 2.05) is 19.1 Å². The van der Waals surface area contributed by atoms with Crippen molar-refractivity contribution in [3.63, 3.8) is 0 Å². The fourth-order valence-electron chi connectivity index (χ4n) is 4.23. The molecule has 3 aromatic rings. The van der Waals surface area contributed by atoms with E-state index >= 15 is 0 Å². The summed E-state index contributed by atoms with van der Waals surface area (Å²) in [6.07, 6.45) is 4.83. The van der Waals surface area contributed by atoms with Gasteiger partial charge in [-0.25, -0.2) is 13.2 Å². The lowest BCUT2D eigenvalue weighted by atomic mass is 9.95. The molecule has 0 bridgehead atoms. The number of hydrogen-bond donors (Lipinski definition) is 2. The summed E-state index contributed by atoms with van der Waals surface area (Å²) in [6.45, 7) is 1.85. The molecule has 0 unspecified atom stereocenters.